The van der Waals surface area contributed by atoms with Crippen molar-refractivity contribution in [2.45, 2.75) is 5.92 Å². The van der Waals surface area contributed by atoms with Gasteiger partial charge in [-0.05, 0) is 86.8 Å². The number of nitrogens with zero attached hydrogens (tertiary/aromatic N) is 3. The summed E-state index contributed by atoms with van der Waals surface area (Å²) < 4.78 is 0. The van der Waals surface area contributed by atoms with E-state index in [1.807, 2.05) is 18.3 Å². The number of nitriles is 1. The highest BCUT2D eigenvalue weighted by Gasteiger charge is 2.30. The summed E-state index contributed by atoms with van der Waals surface area (Å²) in [5.74, 6) is 0.132. The zero-order valence-corrected chi connectivity index (χ0v) is 26.4. The third-order valence-corrected chi connectivity index (χ3v) is 10.2. The van der Waals surface area contributed by atoms with Crippen LogP contribution in [0.1, 0.15) is 28.2 Å². The van der Waals surface area contributed by atoms with E-state index in [1.165, 1.54) is 33.0 Å². The Bertz CT molecular complexity index is 2850. The summed E-state index contributed by atoms with van der Waals surface area (Å²) in [6.45, 7) is 0. The number of pyridine rings is 2. The van der Waals surface area contributed by atoms with Gasteiger partial charge in [-0.1, -0.05) is 109 Å². The highest BCUT2D eigenvalue weighted by atomic mass is 14.7. The van der Waals surface area contributed by atoms with Crippen molar-refractivity contribution in [3.8, 4) is 39.6 Å². The molecule has 9 aromatic rings. The zero-order valence-electron chi connectivity index (χ0n) is 26.4. The molecule has 0 saturated carbocycles. The molecule has 0 N–H and O–H groups in total. The molecular formula is C46H27N3. The summed E-state index contributed by atoms with van der Waals surface area (Å²) >= 11 is 0. The second-order valence-corrected chi connectivity index (χ2v) is 12.8. The molecule has 0 fully saturated rings. The molecule has 0 spiro atoms. The number of hydrogen-bond acceptors (Lipinski definition) is 3. The van der Waals surface area contributed by atoms with Gasteiger partial charge in [0, 0.05) is 44.6 Å². The molecule has 1 atom stereocenters. The van der Waals surface area contributed by atoms with Gasteiger partial charge in [-0.25, -0.2) is 4.98 Å². The summed E-state index contributed by atoms with van der Waals surface area (Å²) in [5.41, 5.74) is 13.0. The van der Waals surface area contributed by atoms with Crippen LogP contribution >= 0.6 is 0 Å². The third-order valence-electron chi connectivity index (χ3n) is 10.2. The lowest BCUT2D eigenvalue weighted by Crippen LogP contribution is -1.98. The predicted octanol–water partition coefficient (Wildman–Crippen LogP) is 11.5. The Morgan fingerprint density at radius 2 is 1.24 bits per heavy atom. The van der Waals surface area contributed by atoms with Crippen LogP contribution in [0.4, 0.5) is 0 Å². The second kappa shape index (κ2) is 10.7. The van der Waals surface area contributed by atoms with E-state index in [0.29, 0.717) is 5.56 Å². The van der Waals surface area contributed by atoms with Gasteiger partial charge in [0.1, 0.15) is 0 Å². The first-order chi connectivity index (χ1) is 24.2. The minimum atomic E-state index is 0.132. The molecule has 10 rings (SSSR count). The molecule has 3 heteroatoms. The van der Waals surface area contributed by atoms with Crippen LogP contribution in [-0.2, 0) is 0 Å². The lowest BCUT2D eigenvalue weighted by Gasteiger charge is -2.15. The normalized spacial score (nSPS) is 13.5. The topological polar surface area (TPSA) is 49.6 Å². The summed E-state index contributed by atoms with van der Waals surface area (Å²) in [7, 11) is 0. The Hall–Kier alpha value is -6.63. The summed E-state index contributed by atoms with van der Waals surface area (Å²) in [6.07, 6.45) is 1.97. The van der Waals surface area contributed by atoms with E-state index in [2.05, 4.69) is 146 Å². The first-order valence-electron chi connectivity index (χ1n) is 16.6. The van der Waals surface area contributed by atoms with Crippen LogP contribution in [0.15, 0.2) is 158 Å². The molecule has 226 valence electrons. The van der Waals surface area contributed by atoms with Gasteiger partial charge in [0.15, 0.2) is 0 Å². The molecule has 1 aliphatic rings. The molecule has 0 bridgehead atoms. The van der Waals surface area contributed by atoms with Crippen molar-refractivity contribution in [2.75, 3.05) is 0 Å². The summed E-state index contributed by atoms with van der Waals surface area (Å²) in [6, 6.07) is 55.9. The van der Waals surface area contributed by atoms with Crippen molar-refractivity contribution in [1.82, 2.24) is 9.97 Å². The molecule has 1 unspecified atom stereocenters. The zero-order chi connectivity index (χ0) is 32.5. The van der Waals surface area contributed by atoms with Crippen LogP contribution in [0.3, 0.4) is 0 Å². The maximum atomic E-state index is 9.76. The maximum Gasteiger partial charge on any atom is 0.0991 e. The average Bonchev–Trinajstić information content (AvgIpc) is 3.50. The minimum absolute atomic E-state index is 0.132. The number of hydrogen-bond donors (Lipinski definition) is 0. The van der Waals surface area contributed by atoms with Crippen LogP contribution in [0.5, 0.6) is 0 Å². The van der Waals surface area contributed by atoms with Crippen LogP contribution in [0.2, 0.25) is 0 Å². The van der Waals surface area contributed by atoms with E-state index in [0.717, 1.165) is 60.5 Å². The van der Waals surface area contributed by atoms with Crippen LogP contribution < -0.4 is 0 Å². The fourth-order valence-electron chi connectivity index (χ4n) is 7.96. The lowest BCUT2D eigenvalue weighted by molar-refractivity contribution is 1.01. The van der Waals surface area contributed by atoms with E-state index in [-0.39, 0.29) is 5.92 Å². The van der Waals surface area contributed by atoms with Gasteiger partial charge >= 0.3 is 0 Å². The highest BCUT2D eigenvalue weighted by Crippen LogP contribution is 2.49. The second-order valence-electron chi connectivity index (χ2n) is 12.8. The number of aromatic nitrogens is 2. The number of rotatable bonds is 3. The molecule has 2 heterocycles. The van der Waals surface area contributed by atoms with Gasteiger partial charge in [-0.2, -0.15) is 5.26 Å². The number of benzene rings is 7. The van der Waals surface area contributed by atoms with E-state index in [9.17, 15) is 5.26 Å². The van der Waals surface area contributed by atoms with Crippen LogP contribution in [0, 0.1) is 11.3 Å². The first-order valence-corrected chi connectivity index (χ1v) is 16.6. The molecule has 1 aliphatic carbocycles. The molecule has 0 amide bonds. The summed E-state index contributed by atoms with van der Waals surface area (Å²) in [5, 5.41) is 16.7. The predicted molar refractivity (Wildman–Crippen MR) is 200 cm³/mol. The molecule has 3 nitrogen and oxygen atoms in total. The lowest BCUT2D eigenvalue weighted by atomic mass is 9.88. The average molecular weight is 622 g/mol. The van der Waals surface area contributed by atoms with Gasteiger partial charge in [0.2, 0.25) is 0 Å². The van der Waals surface area contributed by atoms with Crippen molar-refractivity contribution in [1.29, 1.82) is 5.26 Å². The Morgan fingerprint density at radius 3 is 2.12 bits per heavy atom. The van der Waals surface area contributed by atoms with E-state index < -0.39 is 0 Å². The van der Waals surface area contributed by atoms with Crippen molar-refractivity contribution in [3.05, 3.63) is 180 Å². The Morgan fingerprint density at radius 1 is 0.510 bits per heavy atom. The molecule has 0 aliphatic heterocycles. The van der Waals surface area contributed by atoms with Crippen molar-refractivity contribution in [2.24, 2.45) is 0 Å². The van der Waals surface area contributed by atoms with Crippen LogP contribution in [-0.4, -0.2) is 9.97 Å². The molecule has 0 saturated heterocycles. The monoisotopic (exact) mass is 621 g/mol. The number of para-hydroxylation sites is 1. The molecule has 7 aromatic carbocycles. The van der Waals surface area contributed by atoms with Gasteiger partial charge < -0.3 is 0 Å². The Labute approximate surface area is 283 Å². The fourth-order valence-corrected chi connectivity index (χ4v) is 7.96. The Balaban J connectivity index is 1.18. The highest BCUT2D eigenvalue weighted by molar-refractivity contribution is 6.28. The quantitative estimate of drug-likeness (QED) is 0.184. The van der Waals surface area contributed by atoms with Crippen molar-refractivity contribution in [3.63, 3.8) is 0 Å². The third kappa shape index (κ3) is 4.21. The smallest absolute Gasteiger partial charge is 0.0991 e. The largest absolute Gasteiger partial charge is 0.256 e. The van der Waals surface area contributed by atoms with Crippen molar-refractivity contribution >= 4 is 43.4 Å². The van der Waals surface area contributed by atoms with Gasteiger partial charge in [0.05, 0.1) is 28.4 Å². The Kier molecular flexibility index (Phi) is 6.00. The SMILES string of the molecule is N#Cc1ccc2c(c1)-c1cc(-c3cccc(-c4nc5ccccc5c5c4ccc4ncc6ccccc6c45)c3)ccc1C2c1ccccc1. The molecule has 0 radical (unpaired) electrons. The van der Waals surface area contributed by atoms with E-state index in [4.69, 9.17) is 9.97 Å². The fraction of sp³-hybridized carbons (Fsp3) is 0.0217. The van der Waals surface area contributed by atoms with Gasteiger partial charge in [-0.3, -0.25) is 4.98 Å². The molecule has 2 aromatic heterocycles. The van der Waals surface area contributed by atoms with Crippen LogP contribution in [0.25, 0.3) is 76.9 Å². The summed E-state index contributed by atoms with van der Waals surface area (Å²) in [4.78, 5) is 10.2. The van der Waals surface area contributed by atoms with Crippen molar-refractivity contribution < 1.29 is 0 Å². The van der Waals surface area contributed by atoms with E-state index in [1.54, 1.807) is 0 Å². The first kappa shape index (κ1) is 27.5. The van der Waals surface area contributed by atoms with E-state index >= 15 is 0 Å². The van der Waals surface area contributed by atoms with Gasteiger partial charge in [-0.15, -0.1) is 0 Å². The maximum absolute atomic E-state index is 9.76. The minimum Gasteiger partial charge on any atom is -0.256 e. The standard InChI is InChI=1S/C46H27N3/c47-26-28-17-19-35-39(23-28)40-25-31(18-20-36(40)43(35)29-9-2-1-3-10-29)30-12-8-13-32(24-30)46-38-21-22-42-45(34-14-5-4-11-33(34)27-48-42)44(38)37-15-6-7-16-41(37)49-46/h1-25,27,43H. The van der Waals surface area contributed by atoms with Gasteiger partial charge in [0.25, 0.3) is 0 Å². The molecule has 49 heavy (non-hydrogen) atoms. The number of fused-ring (bicyclic) bond motifs is 10. The molecular weight excluding hydrogens is 595 g/mol.